The zero-order chi connectivity index (χ0) is 25.9. The Hall–Kier alpha value is -2.54. The molecule has 0 aromatic heterocycles. The number of anilines is 1. The number of carboxylic acid groups (broad SMARTS) is 1. The molecule has 0 bridgehead atoms. The Morgan fingerprint density at radius 2 is 1.75 bits per heavy atom. The molecule has 0 saturated carbocycles. The molecule has 2 aromatic rings. The highest BCUT2D eigenvalue weighted by molar-refractivity contribution is 9.10. The van der Waals surface area contributed by atoms with Crippen LogP contribution in [0.1, 0.15) is 29.6 Å². The summed E-state index contributed by atoms with van der Waals surface area (Å²) in [6, 6.07) is 10.4. The van der Waals surface area contributed by atoms with Gasteiger partial charge in [-0.05, 0) is 56.0 Å². The molecule has 0 atom stereocenters. The van der Waals surface area contributed by atoms with Gasteiger partial charge in [0.05, 0.1) is 21.1 Å². The van der Waals surface area contributed by atoms with Crippen LogP contribution in [0, 0.1) is 16.0 Å². The third-order valence-corrected chi connectivity index (χ3v) is 9.38. The number of nitro benzene ring substituents is 1. The van der Waals surface area contributed by atoms with Crippen LogP contribution < -0.4 is 4.90 Å². The molecule has 0 unspecified atom stereocenters. The number of nitrogens with zero attached hydrogens (tertiary/aromatic N) is 4. The lowest BCUT2D eigenvalue weighted by Crippen LogP contribution is -2.49. The molecule has 0 spiro atoms. The van der Waals surface area contributed by atoms with Crippen molar-refractivity contribution in [2.24, 2.45) is 5.92 Å². The lowest BCUT2D eigenvalue weighted by Gasteiger charge is -2.37. The molecule has 1 N–H and O–H groups in total. The third kappa shape index (κ3) is 6.05. The van der Waals surface area contributed by atoms with Crippen LogP contribution in [0.25, 0.3) is 0 Å². The average Bonchev–Trinajstić information content (AvgIpc) is 2.88. The van der Waals surface area contributed by atoms with E-state index in [4.69, 9.17) is 0 Å². The summed E-state index contributed by atoms with van der Waals surface area (Å²) < 4.78 is 28.2. The molecule has 194 valence electrons. The van der Waals surface area contributed by atoms with Crippen LogP contribution in [-0.2, 0) is 10.0 Å². The SMILES string of the molecule is O=C(O)c1ccc(Br)cc1N1CCC(CCN2CCN(S(=O)(=O)c3cccc([N+](=O)[O-])c3)CC2)CC1. The number of piperazine rings is 1. The second-order valence-corrected chi connectivity index (χ2v) is 12.0. The average molecular weight is 581 g/mol. The van der Waals surface area contributed by atoms with Gasteiger partial charge in [-0.1, -0.05) is 22.0 Å². The second kappa shape index (κ2) is 11.2. The largest absolute Gasteiger partial charge is 0.478 e. The highest BCUT2D eigenvalue weighted by atomic mass is 79.9. The van der Waals surface area contributed by atoms with Crippen LogP contribution in [0.2, 0.25) is 0 Å². The van der Waals surface area contributed by atoms with Gasteiger partial charge < -0.3 is 14.9 Å². The number of rotatable bonds is 8. The van der Waals surface area contributed by atoms with Crippen molar-refractivity contribution in [3.05, 3.63) is 62.6 Å². The van der Waals surface area contributed by atoms with Gasteiger partial charge in [0, 0.05) is 55.9 Å². The normalized spacial score (nSPS) is 18.3. The number of sulfonamides is 1. The number of aromatic carboxylic acids is 1. The molecule has 2 aromatic carbocycles. The first-order valence-electron chi connectivity index (χ1n) is 11.9. The summed E-state index contributed by atoms with van der Waals surface area (Å²) in [5.74, 6) is -0.389. The Bertz CT molecular complexity index is 1220. The van der Waals surface area contributed by atoms with Gasteiger partial charge in [-0.15, -0.1) is 0 Å². The first-order chi connectivity index (χ1) is 17.1. The van der Waals surface area contributed by atoms with Crippen LogP contribution in [0.5, 0.6) is 0 Å². The standard InChI is InChI=1S/C24H29BrN4O6S/c25-19-4-5-22(24(30)31)23(16-19)27-10-7-18(8-11-27)6-9-26-12-14-28(15-13-26)36(34,35)21-3-1-2-20(17-21)29(32)33/h1-5,16-18H,6-15H2,(H,30,31). The van der Waals surface area contributed by atoms with Crippen LogP contribution in [0.4, 0.5) is 11.4 Å². The Morgan fingerprint density at radius 1 is 1.06 bits per heavy atom. The molecule has 10 nitrogen and oxygen atoms in total. The number of carbonyl (C=O) groups is 1. The zero-order valence-corrected chi connectivity index (χ0v) is 22.2. The van der Waals surface area contributed by atoms with Crippen LogP contribution in [0.15, 0.2) is 51.8 Å². The summed E-state index contributed by atoms with van der Waals surface area (Å²) >= 11 is 3.44. The first kappa shape index (κ1) is 26.5. The van der Waals surface area contributed by atoms with E-state index in [9.17, 15) is 28.4 Å². The summed E-state index contributed by atoms with van der Waals surface area (Å²) in [4.78, 5) is 26.4. The summed E-state index contributed by atoms with van der Waals surface area (Å²) in [6.07, 6.45) is 2.97. The van der Waals surface area contributed by atoms with Crippen LogP contribution in [-0.4, -0.2) is 79.4 Å². The first-order valence-corrected chi connectivity index (χ1v) is 14.1. The molecule has 0 amide bonds. The minimum Gasteiger partial charge on any atom is -0.478 e. The monoisotopic (exact) mass is 580 g/mol. The fraction of sp³-hybridized carbons (Fsp3) is 0.458. The third-order valence-electron chi connectivity index (χ3n) is 7.00. The highest BCUT2D eigenvalue weighted by Crippen LogP contribution is 2.30. The van der Waals surface area contributed by atoms with Crippen LogP contribution in [0.3, 0.4) is 0 Å². The van der Waals surface area contributed by atoms with Crippen molar-refractivity contribution in [3.63, 3.8) is 0 Å². The van der Waals surface area contributed by atoms with Crippen molar-refractivity contribution >= 4 is 43.3 Å². The maximum Gasteiger partial charge on any atom is 0.337 e. The summed E-state index contributed by atoms with van der Waals surface area (Å²) in [6.45, 7) is 4.43. The highest BCUT2D eigenvalue weighted by Gasteiger charge is 2.30. The lowest BCUT2D eigenvalue weighted by molar-refractivity contribution is -0.385. The predicted octanol–water partition coefficient (Wildman–Crippen LogP) is 3.67. The van der Waals surface area contributed by atoms with Gasteiger partial charge in [0.15, 0.2) is 0 Å². The van der Waals surface area contributed by atoms with E-state index in [-0.39, 0.29) is 10.6 Å². The van der Waals surface area contributed by atoms with Gasteiger partial charge in [0.25, 0.3) is 5.69 Å². The predicted molar refractivity (Wildman–Crippen MR) is 139 cm³/mol. The Labute approximate surface area is 218 Å². The fourth-order valence-electron chi connectivity index (χ4n) is 4.88. The second-order valence-electron chi connectivity index (χ2n) is 9.19. The molecular weight excluding hydrogens is 552 g/mol. The Morgan fingerprint density at radius 3 is 2.39 bits per heavy atom. The summed E-state index contributed by atoms with van der Waals surface area (Å²) in [5, 5.41) is 20.5. The Balaban J connectivity index is 1.25. The van der Waals surface area contributed by atoms with Crippen LogP contribution >= 0.6 is 15.9 Å². The van der Waals surface area contributed by atoms with Crippen molar-refractivity contribution < 1.29 is 23.2 Å². The van der Waals surface area contributed by atoms with Crippen molar-refractivity contribution in [2.45, 2.75) is 24.2 Å². The van der Waals surface area contributed by atoms with Crippen molar-refractivity contribution in [1.82, 2.24) is 9.21 Å². The van der Waals surface area contributed by atoms with Gasteiger partial charge in [-0.3, -0.25) is 10.1 Å². The number of halogens is 1. The number of carboxylic acids is 1. The summed E-state index contributed by atoms with van der Waals surface area (Å²) in [7, 11) is -3.77. The molecule has 2 heterocycles. The quantitative estimate of drug-likeness (QED) is 0.370. The number of benzene rings is 2. The van der Waals surface area contributed by atoms with Gasteiger partial charge in [-0.2, -0.15) is 4.31 Å². The molecule has 2 aliphatic rings. The maximum absolute atomic E-state index is 12.9. The van der Waals surface area contributed by atoms with E-state index in [0.717, 1.165) is 55.1 Å². The molecular formula is C24H29BrN4O6S. The van der Waals surface area contributed by atoms with Crippen molar-refractivity contribution in [3.8, 4) is 0 Å². The van der Waals surface area contributed by atoms with Gasteiger partial charge in [0.2, 0.25) is 10.0 Å². The van der Waals surface area contributed by atoms with E-state index in [1.165, 1.54) is 22.5 Å². The van der Waals surface area contributed by atoms with E-state index >= 15 is 0 Å². The van der Waals surface area contributed by atoms with Gasteiger partial charge in [0.1, 0.15) is 0 Å². The zero-order valence-electron chi connectivity index (χ0n) is 19.8. The van der Waals surface area contributed by atoms with E-state index in [1.54, 1.807) is 12.1 Å². The van der Waals surface area contributed by atoms with E-state index in [2.05, 4.69) is 25.7 Å². The van der Waals surface area contributed by atoms with Crippen molar-refractivity contribution in [2.75, 3.05) is 50.7 Å². The molecule has 2 fully saturated rings. The number of hydrogen-bond donors (Lipinski definition) is 1. The number of non-ortho nitro benzene ring substituents is 1. The van der Waals surface area contributed by atoms with Gasteiger partial charge >= 0.3 is 5.97 Å². The molecule has 0 radical (unpaired) electrons. The minimum absolute atomic E-state index is 0.0478. The molecule has 2 saturated heterocycles. The number of nitro groups is 1. The van der Waals surface area contributed by atoms with Gasteiger partial charge in [-0.25, -0.2) is 13.2 Å². The minimum atomic E-state index is -3.77. The van der Waals surface area contributed by atoms with Crippen molar-refractivity contribution in [1.29, 1.82) is 0 Å². The van der Waals surface area contributed by atoms with E-state index in [0.29, 0.717) is 37.7 Å². The molecule has 12 heteroatoms. The maximum atomic E-state index is 12.9. The molecule has 36 heavy (non-hydrogen) atoms. The topological polar surface area (TPSA) is 124 Å². The lowest BCUT2D eigenvalue weighted by atomic mass is 9.92. The number of hydrogen-bond acceptors (Lipinski definition) is 7. The Kier molecular flexibility index (Phi) is 8.28. The summed E-state index contributed by atoms with van der Waals surface area (Å²) in [5.41, 5.74) is 0.825. The van der Waals surface area contributed by atoms with E-state index in [1.807, 2.05) is 6.07 Å². The fourth-order valence-corrected chi connectivity index (χ4v) is 6.69. The molecule has 0 aliphatic carbocycles. The van der Waals surface area contributed by atoms with E-state index < -0.39 is 20.9 Å². The molecule has 2 aliphatic heterocycles. The number of piperidine rings is 1. The molecule has 4 rings (SSSR count). The smallest absolute Gasteiger partial charge is 0.337 e.